The average Bonchev–Trinajstić information content (AvgIpc) is 3.26. The van der Waals surface area contributed by atoms with Gasteiger partial charge in [-0.25, -0.2) is 4.98 Å². The first-order valence-corrected chi connectivity index (χ1v) is 9.01. The van der Waals surface area contributed by atoms with Crippen LogP contribution in [0, 0.1) is 0 Å². The van der Waals surface area contributed by atoms with Crippen molar-refractivity contribution in [3.63, 3.8) is 0 Å². The molecule has 128 valence electrons. The summed E-state index contributed by atoms with van der Waals surface area (Å²) in [6, 6.07) is 14.2. The first-order valence-electron chi connectivity index (χ1n) is 9.01. The number of aromatic nitrogens is 2. The molecule has 25 heavy (non-hydrogen) atoms. The highest BCUT2D eigenvalue weighted by atomic mass is 16.2. The van der Waals surface area contributed by atoms with Crippen LogP contribution in [0.25, 0.3) is 11.0 Å². The zero-order valence-corrected chi connectivity index (χ0v) is 14.6. The van der Waals surface area contributed by atoms with Crippen molar-refractivity contribution >= 4 is 16.9 Å². The highest BCUT2D eigenvalue weighted by molar-refractivity contribution is 5.94. The SMILES string of the molecule is CN(CCCc1nc2ccccc2[nH]1)C(=O)c1ccc2c(c1)CCC2. The smallest absolute Gasteiger partial charge is 0.253 e. The zero-order valence-electron chi connectivity index (χ0n) is 14.6. The Morgan fingerprint density at radius 3 is 2.88 bits per heavy atom. The molecule has 1 aromatic heterocycles. The normalized spacial score (nSPS) is 13.2. The number of hydrogen-bond donors (Lipinski definition) is 1. The molecule has 0 spiro atoms. The van der Waals surface area contributed by atoms with Gasteiger partial charge in [0.15, 0.2) is 0 Å². The van der Waals surface area contributed by atoms with E-state index in [2.05, 4.69) is 22.1 Å². The van der Waals surface area contributed by atoms with Gasteiger partial charge in [-0.1, -0.05) is 18.2 Å². The van der Waals surface area contributed by atoms with Crippen molar-refractivity contribution < 1.29 is 4.79 Å². The fourth-order valence-corrected chi connectivity index (χ4v) is 3.63. The predicted octanol–water partition coefficient (Wildman–Crippen LogP) is 3.76. The molecule has 1 aliphatic carbocycles. The van der Waals surface area contributed by atoms with Crippen LogP contribution in [-0.2, 0) is 19.3 Å². The Morgan fingerprint density at radius 2 is 2.00 bits per heavy atom. The van der Waals surface area contributed by atoms with Gasteiger partial charge in [0.1, 0.15) is 5.82 Å². The second-order valence-corrected chi connectivity index (χ2v) is 6.87. The van der Waals surface area contributed by atoms with Crippen LogP contribution < -0.4 is 0 Å². The van der Waals surface area contributed by atoms with Gasteiger partial charge < -0.3 is 9.88 Å². The Kier molecular flexibility index (Phi) is 4.26. The topological polar surface area (TPSA) is 49.0 Å². The minimum Gasteiger partial charge on any atom is -0.342 e. The largest absolute Gasteiger partial charge is 0.342 e. The van der Waals surface area contributed by atoms with Crippen LogP contribution >= 0.6 is 0 Å². The molecule has 4 nitrogen and oxygen atoms in total. The molecule has 0 saturated carbocycles. The molecule has 0 atom stereocenters. The molecule has 4 rings (SSSR count). The van der Waals surface area contributed by atoms with E-state index in [-0.39, 0.29) is 5.91 Å². The van der Waals surface area contributed by atoms with Crippen molar-refractivity contribution in [2.75, 3.05) is 13.6 Å². The van der Waals surface area contributed by atoms with Gasteiger partial charge in [-0.15, -0.1) is 0 Å². The van der Waals surface area contributed by atoms with Crippen LogP contribution in [-0.4, -0.2) is 34.4 Å². The fourth-order valence-electron chi connectivity index (χ4n) is 3.63. The molecular formula is C21H23N3O. The van der Waals surface area contributed by atoms with Crippen molar-refractivity contribution in [1.82, 2.24) is 14.9 Å². The Labute approximate surface area is 147 Å². The van der Waals surface area contributed by atoms with Crippen molar-refractivity contribution in [2.24, 2.45) is 0 Å². The van der Waals surface area contributed by atoms with Crippen LogP contribution in [0.2, 0.25) is 0 Å². The van der Waals surface area contributed by atoms with Crippen LogP contribution in [0.1, 0.15) is 40.2 Å². The number of para-hydroxylation sites is 2. The summed E-state index contributed by atoms with van der Waals surface area (Å²) in [5.74, 6) is 1.10. The molecule has 1 aliphatic rings. The second kappa shape index (κ2) is 6.71. The van der Waals surface area contributed by atoms with Gasteiger partial charge in [0.05, 0.1) is 11.0 Å². The molecular weight excluding hydrogens is 310 g/mol. The Balaban J connectivity index is 1.35. The maximum atomic E-state index is 12.6. The number of carbonyl (C=O) groups excluding carboxylic acids is 1. The van der Waals surface area contributed by atoms with Gasteiger partial charge in [0, 0.05) is 25.6 Å². The highest BCUT2D eigenvalue weighted by Crippen LogP contribution is 2.23. The average molecular weight is 333 g/mol. The van der Waals surface area contributed by atoms with E-state index in [9.17, 15) is 4.79 Å². The number of carbonyl (C=O) groups is 1. The van der Waals surface area contributed by atoms with Gasteiger partial charge in [0.2, 0.25) is 0 Å². The fraction of sp³-hybridized carbons (Fsp3) is 0.333. The van der Waals surface area contributed by atoms with E-state index in [4.69, 9.17) is 0 Å². The van der Waals surface area contributed by atoms with E-state index in [1.807, 2.05) is 42.3 Å². The lowest BCUT2D eigenvalue weighted by Gasteiger charge is -2.17. The van der Waals surface area contributed by atoms with E-state index in [0.717, 1.165) is 54.6 Å². The van der Waals surface area contributed by atoms with Gasteiger partial charge in [0.25, 0.3) is 5.91 Å². The van der Waals surface area contributed by atoms with E-state index in [1.165, 1.54) is 17.5 Å². The molecule has 3 aromatic rings. The monoisotopic (exact) mass is 333 g/mol. The van der Waals surface area contributed by atoms with E-state index in [1.54, 1.807) is 0 Å². The zero-order chi connectivity index (χ0) is 17.2. The van der Waals surface area contributed by atoms with E-state index >= 15 is 0 Å². The summed E-state index contributed by atoms with van der Waals surface area (Å²) >= 11 is 0. The maximum absolute atomic E-state index is 12.6. The summed E-state index contributed by atoms with van der Waals surface area (Å²) in [6.07, 6.45) is 5.20. The number of rotatable bonds is 5. The minimum absolute atomic E-state index is 0.110. The molecule has 4 heteroatoms. The number of nitrogens with one attached hydrogen (secondary N) is 1. The lowest BCUT2D eigenvalue weighted by molar-refractivity contribution is 0.0793. The molecule has 0 unspecified atom stereocenters. The van der Waals surface area contributed by atoms with Crippen molar-refractivity contribution in [2.45, 2.75) is 32.1 Å². The Hall–Kier alpha value is -2.62. The van der Waals surface area contributed by atoms with Crippen molar-refractivity contribution in [1.29, 1.82) is 0 Å². The van der Waals surface area contributed by atoms with Crippen LogP contribution in [0.15, 0.2) is 42.5 Å². The molecule has 0 aliphatic heterocycles. The molecule has 0 radical (unpaired) electrons. The lowest BCUT2D eigenvalue weighted by Crippen LogP contribution is -2.28. The molecule has 2 aromatic carbocycles. The lowest BCUT2D eigenvalue weighted by atomic mass is 10.1. The number of H-pyrrole nitrogens is 1. The van der Waals surface area contributed by atoms with Gasteiger partial charge in [-0.2, -0.15) is 0 Å². The number of nitrogens with zero attached hydrogens (tertiary/aromatic N) is 2. The summed E-state index contributed by atoms with van der Waals surface area (Å²) in [6.45, 7) is 0.729. The highest BCUT2D eigenvalue weighted by Gasteiger charge is 2.16. The number of imidazole rings is 1. The molecule has 1 N–H and O–H groups in total. The van der Waals surface area contributed by atoms with E-state index < -0.39 is 0 Å². The number of hydrogen-bond acceptors (Lipinski definition) is 2. The number of fused-ring (bicyclic) bond motifs is 2. The standard InChI is InChI=1S/C21H23N3O/c1-24(21(25)17-12-11-15-6-4-7-16(15)14-17)13-5-10-20-22-18-8-2-3-9-19(18)23-20/h2-3,8-9,11-12,14H,4-7,10,13H2,1H3,(H,22,23). The van der Waals surface area contributed by atoms with Crippen molar-refractivity contribution in [3.8, 4) is 0 Å². The van der Waals surface area contributed by atoms with E-state index in [0.29, 0.717) is 0 Å². The van der Waals surface area contributed by atoms with Crippen LogP contribution in [0.4, 0.5) is 0 Å². The van der Waals surface area contributed by atoms with Gasteiger partial charge in [-0.3, -0.25) is 4.79 Å². The Morgan fingerprint density at radius 1 is 1.16 bits per heavy atom. The maximum Gasteiger partial charge on any atom is 0.253 e. The molecule has 0 fully saturated rings. The first-order chi connectivity index (χ1) is 12.2. The summed E-state index contributed by atoms with van der Waals surface area (Å²) in [7, 11) is 1.88. The molecule has 0 bridgehead atoms. The number of aryl methyl sites for hydroxylation is 3. The third kappa shape index (κ3) is 3.29. The first kappa shape index (κ1) is 15.9. The summed E-state index contributed by atoms with van der Waals surface area (Å²) in [4.78, 5) is 22.4. The second-order valence-electron chi connectivity index (χ2n) is 6.87. The predicted molar refractivity (Wildman–Crippen MR) is 99.8 cm³/mol. The van der Waals surface area contributed by atoms with Crippen LogP contribution in [0.3, 0.4) is 0 Å². The number of amides is 1. The molecule has 0 saturated heterocycles. The third-order valence-electron chi connectivity index (χ3n) is 5.04. The summed E-state index contributed by atoms with van der Waals surface area (Å²) in [5, 5.41) is 0. The number of aromatic amines is 1. The van der Waals surface area contributed by atoms with Crippen molar-refractivity contribution in [3.05, 3.63) is 65.0 Å². The Bertz CT molecular complexity index is 879. The quantitative estimate of drug-likeness (QED) is 0.773. The van der Waals surface area contributed by atoms with Crippen LogP contribution in [0.5, 0.6) is 0 Å². The minimum atomic E-state index is 0.110. The molecule has 1 heterocycles. The third-order valence-corrected chi connectivity index (χ3v) is 5.04. The summed E-state index contributed by atoms with van der Waals surface area (Å²) < 4.78 is 0. The van der Waals surface area contributed by atoms with Gasteiger partial charge in [-0.05, 0) is 61.1 Å². The molecule has 1 amide bonds. The number of benzene rings is 2. The van der Waals surface area contributed by atoms with Gasteiger partial charge >= 0.3 is 0 Å². The summed E-state index contributed by atoms with van der Waals surface area (Å²) in [5.41, 5.74) is 5.64.